The van der Waals surface area contributed by atoms with Crippen molar-refractivity contribution in [2.24, 2.45) is 11.8 Å². The lowest BCUT2D eigenvalue weighted by molar-refractivity contribution is -0.147. The van der Waals surface area contributed by atoms with Crippen LogP contribution < -0.4 is 10.0 Å². The van der Waals surface area contributed by atoms with E-state index in [4.69, 9.17) is 4.74 Å². The Morgan fingerprint density at radius 3 is 2.17 bits per heavy atom. The number of urea groups is 1. The molecule has 0 fully saturated rings. The summed E-state index contributed by atoms with van der Waals surface area (Å²) in [7, 11) is -2.82. The molecule has 0 aliphatic rings. The van der Waals surface area contributed by atoms with Crippen LogP contribution in [-0.4, -0.2) is 50.9 Å². The molecule has 0 saturated carbocycles. The van der Waals surface area contributed by atoms with E-state index in [1.54, 1.807) is 43.3 Å². The fourth-order valence-electron chi connectivity index (χ4n) is 4.60. The van der Waals surface area contributed by atoms with Gasteiger partial charge in [0, 0.05) is 29.1 Å². The van der Waals surface area contributed by atoms with E-state index in [9.17, 15) is 22.8 Å². The minimum atomic E-state index is -4.13. The molecule has 42 heavy (non-hydrogen) atoms. The van der Waals surface area contributed by atoms with Crippen LogP contribution in [0, 0.1) is 11.8 Å². The number of sulfonamides is 1. The van der Waals surface area contributed by atoms with Gasteiger partial charge in [0.1, 0.15) is 10.3 Å². The SMILES string of the molecule is CCNC(=O)NS(=O)(=O)c1sc(CC(C)C)cc1-c1ccc(CN(C(=O)c2ccccc2)[C@H](C(=O)OC)C(C)C)cc1. The third-order valence-electron chi connectivity index (χ3n) is 6.48. The number of carbonyl (C=O) groups is 3. The van der Waals surface area contributed by atoms with Crippen LogP contribution in [0.4, 0.5) is 4.79 Å². The van der Waals surface area contributed by atoms with E-state index in [2.05, 4.69) is 23.9 Å². The predicted octanol–water partition coefficient (Wildman–Crippen LogP) is 5.46. The third-order valence-corrected chi connectivity index (χ3v) is 9.50. The summed E-state index contributed by atoms with van der Waals surface area (Å²) in [6.45, 7) is 9.95. The van der Waals surface area contributed by atoms with Gasteiger partial charge < -0.3 is 15.0 Å². The fourth-order valence-corrected chi connectivity index (χ4v) is 7.48. The average molecular weight is 614 g/mol. The molecule has 1 atom stereocenters. The van der Waals surface area contributed by atoms with Crippen molar-refractivity contribution >= 4 is 39.3 Å². The zero-order valence-corrected chi connectivity index (χ0v) is 26.5. The Kier molecular flexibility index (Phi) is 11.3. The Morgan fingerprint density at radius 1 is 0.976 bits per heavy atom. The first-order valence-electron chi connectivity index (χ1n) is 13.8. The van der Waals surface area contributed by atoms with Crippen LogP contribution >= 0.6 is 11.3 Å². The monoisotopic (exact) mass is 613 g/mol. The summed E-state index contributed by atoms with van der Waals surface area (Å²) in [6.07, 6.45) is 0.688. The summed E-state index contributed by atoms with van der Waals surface area (Å²) in [4.78, 5) is 40.9. The molecule has 0 aliphatic heterocycles. The van der Waals surface area contributed by atoms with Gasteiger partial charge in [0.05, 0.1) is 7.11 Å². The molecule has 0 spiro atoms. The number of rotatable bonds is 12. The number of esters is 1. The maximum atomic E-state index is 13.6. The molecule has 0 unspecified atom stereocenters. The van der Waals surface area contributed by atoms with Gasteiger partial charge in [-0.25, -0.2) is 22.7 Å². The van der Waals surface area contributed by atoms with Gasteiger partial charge in [-0.2, -0.15) is 0 Å². The fraction of sp³-hybridized carbons (Fsp3) is 0.387. The molecule has 1 aromatic heterocycles. The number of carbonyl (C=O) groups excluding carboxylic acids is 3. The number of benzene rings is 2. The summed E-state index contributed by atoms with van der Waals surface area (Å²) in [5, 5.41) is 2.46. The van der Waals surface area contributed by atoms with Crippen molar-refractivity contribution in [3.05, 3.63) is 76.7 Å². The number of nitrogens with zero attached hydrogens (tertiary/aromatic N) is 1. The summed E-state index contributed by atoms with van der Waals surface area (Å²) in [5.74, 6) is -0.705. The highest BCUT2D eigenvalue weighted by molar-refractivity contribution is 7.92. The Labute approximate surface area is 252 Å². The first-order valence-corrected chi connectivity index (χ1v) is 16.1. The Morgan fingerprint density at radius 2 is 1.62 bits per heavy atom. The topological polar surface area (TPSA) is 122 Å². The maximum Gasteiger partial charge on any atom is 0.328 e. The first-order chi connectivity index (χ1) is 19.9. The molecule has 3 aromatic rings. The Bertz CT molecular complexity index is 1480. The summed E-state index contributed by atoms with van der Waals surface area (Å²) in [5.41, 5.74) is 2.34. The van der Waals surface area contributed by atoms with Gasteiger partial charge in [-0.15, -0.1) is 11.3 Å². The second-order valence-electron chi connectivity index (χ2n) is 10.7. The van der Waals surface area contributed by atoms with Crippen molar-refractivity contribution < 1.29 is 27.5 Å². The van der Waals surface area contributed by atoms with Crippen LogP contribution in [0.5, 0.6) is 0 Å². The molecule has 226 valence electrons. The van der Waals surface area contributed by atoms with Gasteiger partial charge in [-0.05, 0) is 54.5 Å². The normalized spacial score (nSPS) is 12.2. The molecule has 3 rings (SSSR count). The van der Waals surface area contributed by atoms with E-state index < -0.39 is 28.1 Å². The van der Waals surface area contributed by atoms with E-state index in [1.165, 1.54) is 12.0 Å². The molecule has 2 N–H and O–H groups in total. The first kappa shape index (κ1) is 32.8. The van der Waals surface area contributed by atoms with Gasteiger partial charge in [0.2, 0.25) is 0 Å². The van der Waals surface area contributed by atoms with Crippen LogP contribution in [0.25, 0.3) is 11.1 Å². The summed E-state index contributed by atoms with van der Waals surface area (Å²) >= 11 is 1.14. The van der Waals surface area contributed by atoms with Crippen molar-refractivity contribution in [2.45, 2.75) is 57.8 Å². The number of nitrogens with one attached hydrogen (secondary N) is 2. The molecule has 0 aliphatic carbocycles. The van der Waals surface area contributed by atoms with Crippen molar-refractivity contribution in [3.8, 4) is 11.1 Å². The highest BCUT2D eigenvalue weighted by Gasteiger charge is 2.34. The minimum absolute atomic E-state index is 0.0589. The van der Waals surface area contributed by atoms with E-state index in [-0.39, 0.29) is 29.1 Å². The van der Waals surface area contributed by atoms with Gasteiger partial charge >= 0.3 is 12.0 Å². The van der Waals surface area contributed by atoms with Crippen molar-refractivity contribution in [2.75, 3.05) is 13.7 Å². The lowest BCUT2D eigenvalue weighted by Gasteiger charge is -2.32. The number of methoxy groups -OCH3 is 1. The second kappa shape index (κ2) is 14.5. The largest absolute Gasteiger partial charge is 0.467 e. The van der Waals surface area contributed by atoms with Crippen molar-refractivity contribution in [1.29, 1.82) is 0 Å². The zero-order valence-electron chi connectivity index (χ0n) is 24.8. The predicted molar refractivity (Wildman–Crippen MR) is 165 cm³/mol. The molecule has 2 aromatic carbocycles. The molecule has 9 nitrogen and oxygen atoms in total. The molecule has 0 saturated heterocycles. The van der Waals surface area contributed by atoms with Gasteiger partial charge in [-0.3, -0.25) is 4.79 Å². The molecule has 11 heteroatoms. The summed E-state index contributed by atoms with van der Waals surface area (Å²) in [6, 6.07) is 16.2. The van der Waals surface area contributed by atoms with Crippen molar-refractivity contribution in [1.82, 2.24) is 14.9 Å². The molecule has 0 radical (unpaired) electrons. The van der Waals surface area contributed by atoms with Crippen LogP contribution in [0.1, 0.15) is 55.4 Å². The van der Waals surface area contributed by atoms with Crippen LogP contribution in [-0.2, 0) is 32.5 Å². The smallest absolute Gasteiger partial charge is 0.328 e. The number of amides is 3. The maximum absolute atomic E-state index is 13.6. The standard InChI is InChI=1S/C31H39N3O6S2/c1-7-32-31(37)33-42(38,39)30-26(18-25(41-30)17-20(2)3)23-15-13-22(14-16-23)19-34(27(21(4)5)29(36)40-6)28(35)24-11-9-8-10-12-24/h8-16,18,20-21,27H,7,17,19H2,1-6H3,(H2,32,33,37)/t27-/m0/s1. The zero-order chi connectivity index (χ0) is 31.0. The van der Waals surface area contributed by atoms with Crippen LogP contribution in [0.15, 0.2) is 64.9 Å². The quantitative estimate of drug-likeness (QED) is 0.262. The van der Waals surface area contributed by atoms with Gasteiger partial charge in [0.25, 0.3) is 15.9 Å². The lowest BCUT2D eigenvalue weighted by atomic mass is 9.99. The van der Waals surface area contributed by atoms with Gasteiger partial charge in [0.15, 0.2) is 0 Å². The summed E-state index contributed by atoms with van der Waals surface area (Å²) < 4.78 is 33.6. The molecule has 0 bridgehead atoms. The Balaban J connectivity index is 2.00. The van der Waals surface area contributed by atoms with E-state index in [0.717, 1.165) is 21.8 Å². The highest BCUT2D eigenvalue weighted by Crippen LogP contribution is 2.36. The minimum Gasteiger partial charge on any atom is -0.467 e. The number of hydrogen-bond acceptors (Lipinski definition) is 7. The third kappa shape index (κ3) is 8.19. The second-order valence-corrected chi connectivity index (χ2v) is 13.7. The number of hydrogen-bond donors (Lipinski definition) is 2. The highest BCUT2D eigenvalue weighted by atomic mass is 32.2. The average Bonchev–Trinajstić information content (AvgIpc) is 3.37. The molecule has 1 heterocycles. The number of ether oxygens (including phenoxy) is 1. The Hall–Kier alpha value is -3.70. The lowest BCUT2D eigenvalue weighted by Crippen LogP contribution is -2.48. The van der Waals surface area contributed by atoms with Crippen molar-refractivity contribution in [3.63, 3.8) is 0 Å². The molecular formula is C31H39N3O6S2. The van der Waals surface area contributed by atoms with E-state index in [0.29, 0.717) is 29.0 Å². The van der Waals surface area contributed by atoms with Crippen LogP contribution in [0.2, 0.25) is 0 Å². The van der Waals surface area contributed by atoms with Gasteiger partial charge in [-0.1, -0.05) is 70.2 Å². The van der Waals surface area contributed by atoms with E-state index >= 15 is 0 Å². The van der Waals surface area contributed by atoms with E-state index in [1.807, 2.05) is 38.1 Å². The molecule has 3 amide bonds. The number of thiophene rings is 1. The molecular weight excluding hydrogens is 574 g/mol. The van der Waals surface area contributed by atoms with Crippen LogP contribution in [0.3, 0.4) is 0 Å².